The summed E-state index contributed by atoms with van der Waals surface area (Å²) >= 11 is 5.75. The number of aliphatic hydroxyl groups excluding tert-OH is 1. The Morgan fingerprint density at radius 2 is 2.25 bits per heavy atom. The second-order valence-electron chi connectivity index (χ2n) is 2.17. The van der Waals surface area contributed by atoms with E-state index < -0.39 is 0 Å². The zero-order valence-electron chi connectivity index (χ0n) is 6.33. The third-order valence-electron chi connectivity index (χ3n) is 1.29. The molecule has 0 aromatic carbocycles. The molecule has 0 fully saturated rings. The van der Waals surface area contributed by atoms with Crippen LogP contribution in [0.1, 0.15) is 5.69 Å². The van der Waals surface area contributed by atoms with E-state index in [0.29, 0.717) is 22.8 Å². The van der Waals surface area contributed by atoms with E-state index in [-0.39, 0.29) is 19.0 Å². The van der Waals surface area contributed by atoms with Crippen molar-refractivity contribution < 1.29 is 5.11 Å². The molecule has 3 N–H and O–H groups in total. The molecule has 0 aliphatic heterocycles. The highest BCUT2D eigenvalue weighted by Crippen LogP contribution is 2.16. The topological polar surface area (TPSA) is 59.1 Å². The van der Waals surface area contributed by atoms with Gasteiger partial charge in [-0.05, 0) is 6.07 Å². The van der Waals surface area contributed by atoms with Crippen LogP contribution in [0.15, 0.2) is 12.3 Å². The van der Waals surface area contributed by atoms with Gasteiger partial charge in [-0.2, -0.15) is 0 Å². The summed E-state index contributed by atoms with van der Waals surface area (Å²) in [4.78, 5) is 3.95. The van der Waals surface area contributed by atoms with Crippen molar-refractivity contribution in [1.82, 2.24) is 4.98 Å². The predicted molar refractivity (Wildman–Crippen MR) is 51.7 cm³/mol. The van der Waals surface area contributed by atoms with E-state index in [0.717, 1.165) is 0 Å². The minimum atomic E-state index is 0. The van der Waals surface area contributed by atoms with E-state index in [1.165, 1.54) is 6.20 Å². The van der Waals surface area contributed by atoms with Crippen LogP contribution in [-0.4, -0.2) is 16.7 Å². The van der Waals surface area contributed by atoms with E-state index in [2.05, 4.69) is 4.98 Å². The molecule has 0 unspecified atom stereocenters. The molecule has 1 heterocycles. The maximum absolute atomic E-state index is 8.58. The number of anilines is 1. The lowest BCUT2D eigenvalue weighted by atomic mass is 10.3. The molecule has 0 spiro atoms. The Morgan fingerprint density at radius 3 is 2.75 bits per heavy atom. The van der Waals surface area contributed by atoms with Crippen LogP contribution in [0.4, 0.5) is 5.69 Å². The SMILES string of the molecule is Cl.Nc1cnc(CCO)c(Cl)c1. The van der Waals surface area contributed by atoms with E-state index in [1.54, 1.807) is 6.07 Å². The summed E-state index contributed by atoms with van der Waals surface area (Å²) in [6, 6.07) is 1.62. The van der Waals surface area contributed by atoms with Gasteiger partial charge in [-0.25, -0.2) is 0 Å². The Labute approximate surface area is 82.0 Å². The Morgan fingerprint density at radius 1 is 1.58 bits per heavy atom. The van der Waals surface area contributed by atoms with Crippen molar-refractivity contribution in [2.24, 2.45) is 0 Å². The van der Waals surface area contributed by atoms with Gasteiger partial charge in [0.25, 0.3) is 0 Å². The Kier molecular flexibility index (Phi) is 4.97. The number of halogens is 2. The molecular weight excluding hydrogens is 199 g/mol. The van der Waals surface area contributed by atoms with Crippen LogP contribution in [0.25, 0.3) is 0 Å². The molecule has 1 rings (SSSR count). The molecule has 0 aliphatic rings. The summed E-state index contributed by atoms with van der Waals surface area (Å²) in [5.41, 5.74) is 6.64. The minimum Gasteiger partial charge on any atom is -0.397 e. The van der Waals surface area contributed by atoms with Gasteiger partial charge in [-0.15, -0.1) is 12.4 Å². The van der Waals surface area contributed by atoms with Gasteiger partial charge in [0.15, 0.2) is 0 Å². The number of nitrogens with two attached hydrogens (primary N) is 1. The van der Waals surface area contributed by atoms with Crippen molar-refractivity contribution in [2.45, 2.75) is 6.42 Å². The van der Waals surface area contributed by atoms with Crippen molar-refractivity contribution in [3.63, 3.8) is 0 Å². The maximum atomic E-state index is 8.58. The Hall–Kier alpha value is -0.510. The van der Waals surface area contributed by atoms with Crippen LogP contribution in [-0.2, 0) is 6.42 Å². The van der Waals surface area contributed by atoms with Gasteiger partial charge in [0.05, 0.1) is 22.6 Å². The number of hydrogen-bond acceptors (Lipinski definition) is 3. The molecule has 0 amide bonds. The maximum Gasteiger partial charge on any atom is 0.0642 e. The highest BCUT2D eigenvalue weighted by molar-refractivity contribution is 6.31. The summed E-state index contributed by atoms with van der Waals surface area (Å²) < 4.78 is 0. The van der Waals surface area contributed by atoms with E-state index in [1.807, 2.05) is 0 Å². The van der Waals surface area contributed by atoms with E-state index in [9.17, 15) is 0 Å². The van der Waals surface area contributed by atoms with Gasteiger partial charge in [-0.3, -0.25) is 4.98 Å². The fraction of sp³-hybridized carbons (Fsp3) is 0.286. The molecule has 12 heavy (non-hydrogen) atoms. The van der Waals surface area contributed by atoms with Gasteiger partial charge in [0, 0.05) is 13.0 Å². The first kappa shape index (κ1) is 11.5. The zero-order valence-corrected chi connectivity index (χ0v) is 7.90. The normalized spacial score (nSPS) is 9.17. The number of hydrogen-bond donors (Lipinski definition) is 2. The van der Waals surface area contributed by atoms with Crippen molar-refractivity contribution in [2.75, 3.05) is 12.3 Å². The number of nitrogen functional groups attached to an aromatic ring is 1. The average molecular weight is 209 g/mol. The van der Waals surface area contributed by atoms with Gasteiger partial charge in [0.2, 0.25) is 0 Å². The van der Waals surface area contributed by atoms with Crippen LogP contribution < -0.4 is 5.73 Å². The highest BCUT2D eigenvalue weighted by Gasteiger charge is 2.00. The largest absolute Gasteiger partial charge is 0.397 e. The van der Waals surface area contributed by atoms with Crippen LogP contribution >= 0.6 is 24.0 Å². The molecular formula is C7H10Cl2N2O. The lowest BCUT2D eigenvalue weighted by Gasteiger charge is -2.00. The molecule has 0 atom stereocenters. The summed E-state index contributed by atoms with van der Waals surface area (Å²) in [5, 5.41) is 9.10. The summed E-state index contributed by atoms with van der Waals surface area (Å²) in [6.07, 6.45) is 2.00. The van der Waals surface area contributed by atoms with Crippen LogP contribution in [0, 0.1) is 0 Å². The first-order valence-electron chi connectivity index (χ1n) is 3.25. The average Bonchev–Trinajstić information content (AvgIpc) is 1.95. The molecule has 0 saturated heterocycles. The van der Waals surface area contributed by atoms with Gasteiger partial charge >= 0.3 is 0 Å². The van der Waals surface area contributed by atoms with E-state index >= 15 is 0 Å². The van der Waals surface area contributed by atoms with Gasteiger partial charge in [-0.1, -0.05) is 11.6 Å². The van der Waals surface area contributed by atoms with Gasteiger partial charge < -0.3 is 10.8 Å². The third kappa shape index (κ3) is 2.85. The van der Waals surface area contributed by atoms with Crippen molar-refractivity contribution in [3.8, 4) is 0 Å². The summed E-state index contributed by atoms with van der Waals surface area (Å²) in [7, 11) is 0. The Balaban J connectivity index is 0.00000121. The van der Waals surface area contributed by atoms with Crippen molar-refractivity contribution in [1.29, 1.82) is 0 Å². The standard InChI is InChI=1S/C7H9ClN2O.ClH/c8-6-3-5(9)4-10-7(6)1-2-11;/h3-4,11H,1-2,9H2;1H. The molecule has 0 saturated carbocycles. The Bertz CT molecular complexity index is 255. The first-order chi connectivity index (χ1) is 5.24. The van der Waals surface area contributed by atoms with Crippen molar-refractivity contribution in [3.05, 3.63) is 23.0 Å². The smallest absolute Gasteiger partial charge is 0.0642 e. The minimum absolute atomic E-state index is 0. The molecule has 1 aromatic heterocycles. The zero-order chi connectivity index (χ0) is 8.27. The lowest BCUT2D eigenvalue weighted by Crippen LogP contribution is -1.97. The highest BCUT2D eigenvalue weighted by atomic mass is 35.5. The number of nitrogens with zero attached hydrogens (tertiary/aromatic N) is 1. The second kappa shape index (κ2) is 5.19. The number of aromatic nitrogens is 1. The van der Waals surface area contributed by atoms with Gasteiger partial charge in [0.1, 0.15) is 0 Å². The molecule has 0 bridgehead atoms. The number of aliphatic hydroxyl groups is 1. The molecule has 68 valence electrons. The molecule has 3 nitrogen and oxygen atoms in total. The third-order valence-corrected chi connectivity index (χ3v) is 1.61. The molecule has 0 aliphatic carbocycles. The molecule has 0 radical (unpaired) electrons. The fourth-order valence-corrected chi connectivity index (χ4v) is 1.04. The van der Waals surface area contributed by atoms with Crippen LogP contribution in [0.5, 0.6) is 0 Å². The fourth-order valence-electron chi connectivity index (χ4n) is 0.771. The summed E-state index contributed by atoms with van der Waals surface area (Å²) in [5.74, 6) is 0. The quantitative estimate of drug-likeness (QED) is 0.771. The second-order valence-corrected chi connectivity index (χ2v) is 2.58. The van der Waals surface area contributed by atoms with Crippen LogP contribution in [0.3, 0.4) is 0 Å². The predicted octanol–water partition coefficient (Wildman–Crippen LogP) is 1.27. The number of pyridine rings is 1. The molecule has 1 aromatic rings. The first-order valence-corrected chi connectivity index (χ1v) is 3.62. The lowest BCUT2D eigenvalue weighted by molar-refractivity contribution is 0.298. The van der Waals surface area contributed by atoms with Crippen LogP contribution in [0.2, 0.25) is 5.02 Å². The number of rotatable bonds is 2. The van der Waals surface area contributed by atoms with E-state index in [4.69, 9.17) is 22.4 Å². The van der Waals surface area contributed by atoms with Crippen molar-refractivity contribution >= 4 is 29.7 Å². The molecule has 5 heteroatoms. The summed E-state index contributed by atoms with van der Waals surface area (Å²) in [6.45, 7) is 0.0522. The monoisotopic (exact) mass is 208 g/mol.